The summed E-state index contributed by atoms with van der Waals surface area (Å²) in [6.07, 6.45) is 13.8. The van der Waals surface area contributed by atoms with Gasteiger partial charge in [-0.15, -0.1) is 0 Å². The molecule has 2 aliphatic rings. The van der Waals surface area contributed by atoms with Crippen LogP contribution in [0.2, 0.25) is 0 Å². The average Bonchev–Trinajstić information content (AvgIpc) is 2.48. The number of nitrogens with zero attached hydrogens (tertiary/aromatic N) is 2. The van der Waals surface area contributed by atoms with Gasteiger partial charge in [-0.1, -0.05) is 19.4 Å². The van der Waals surface area contributed by atoms with Crippen LogP contribution in [-0.4, -0.2) is 23.0 Å². The van der Waals surface area contributed by atoms with Crippen LogP contribution in [0.15, 0.2) is 36.3 Å². The van der Waals surface area contributed by atoms with E-state index in [9.17, 15) is 0 Å². The van der Waals surface area contributed by atoms with Crippen LogP contribution in [0, 0.1) is 0 Å². The Hall–Kier alpha value is -1.18. The first-order valence-corrected chi connectivity index (χ1v) is 4.88. The van der Waals surface area contributed by atoms with Gasteiger partial charge in [-0.3, -0.25) is 0 Å². The number of fused-ring (bicyclic) bond motifs is 1. The van der Waals surface area contributed by atoms with Crippen LogP contribution >= 0.6 is 0 Å². The van der Waals surface area contributed by atoms with E-state index in [1.54, 1.807) is 0 Å². The second kappa shape index (κ2) is 3.29. The molecular weight excluding hydrogens is 160 g/mol. The zero-order chi connectivity index (χ0) is 9.26. The van der Waals surface area contributed by atoms with Crippen molar-refractivity contribution in [1.82, 2.24) is 9.80 Å². The van der Waals surface area contributed by atoms with Crippen molar-refractivity contribution in [3.05, 3.63) is 36.3 Å². The Balaban J connectivity index is 2.11. The quantitative estimate of drug-likeness (QED) is 0.637. The Bertz CT molecular complexity index is 276. The third-order valence-electron chi connectivity index (χ3n) is 2.53. The Morgan fingerprint density at radius 3 is 3.00 bits per heavy atom. The lowest BCUT2D eigenvalue weighted by Crippen LogP contribution is -2.33. The van der Waals surface area contributed by atoms with Crippen LogP contribution in [0.5, 0.6) is 0 Å². The van der Waals surface area contributed by atoms with E-state index >= 15 is 0 Å². The molecule has 0 amide bonds. The van der Waals surface area contributed by atoms with Gasteiger partial charge >= 0.3 is 0 Å². The smallest absolute Gasteiger partial charge is 0.124 e. The number of allylic oxidation sites excluding steroid dienone is 2. The fourth-order valence-corrected chi connectivity index (χ4v) is 1.80. The minimum atomic E-state index is 0.417. The van der Waals surface area contributed by atoms with Crippen LogP contribution < -0.4 is 0 Å². The predicted octanol–water partition coefficient (Wildman–Crippen LogP) is 2.28. The largest absolute Gasteiger partial charge is 0.356 e. The summed E-state index contributed by atoms with van der Waals surface area (Å²) < 4.78 is 0. The molecule has 0 saturated carbocycles. The van der Waals surface area contributed by atoms with E-state index in [2.05, 4.69) is 54.5 Å². The van der Waals surface area contributed by atoms with Gasteiger partial charge in [0.15, 0.2) is 0 Å². The van der Waals surface area contributed by atoms with Crippen molar-refractivity contribution in [2.45, 2.75) is 25.9 Å². The van der Waals surface area contributed by atoms with E-state index in [0.29, 0.717) is 6.17 Å². The molecule has 1 unspecified atom stereocenters. The van der Waals surface area contributed by atoms with E-state index in [-0.39, 0.29) is 0 Å². The highest BCUT2D eigenvalue weighted by Gasteiger charge is 2.21. The number of hydrogen-bond acceptors (Lipinski definition) is 2. The molecule has 70 valence electrons. The minimum Gasteiger partial charge on any atom is -0.356 e. The summed E-state index contributed by atoms with van der Waals surface area (Å²) in [5, 5.41) is 0. The van der Waals surface area contributed by atoms with Crippen LogP contribution in [0.3, 0.4) is 0 Å². The van der Waals surface area contributed by atoms with Gasteiger partial charge in [0.2, 0.25) is 0 Å². The second-order valence-electron chi connectivity index (χ2n) is 3.64. The molecule has 0 fully saturated rings. The van der Waals surface area contributed by atoms with E-state index in [0.717, 1.165) is 0 Å². The van der Waals surface area contributed by atoms with E-state index < -0.39 is 0 Å². The second-order valence-corrected chi connectivity index (χ2v) is 3.64. The first kappa shape index (κ1) is 8.42. The van der Waals surface area contributed by atoms with Crippen LogP contribution in [0.4, 0.5) is 0 Å². The van der Waals surface area contributed by atoms with Gasteiger partial charge in [-0.25, -0.2) is 0 Å². The number of likely N-dealkylation sites (N-methyl/N-ethyl adjacent to an activating group) is 1. The molecule has 0 aromatic carbocycles. The molecule has 0 radical (unpaired) electrons. The maximum Gasteiger partial charge on any atom is 0.124 e. The Morgan fingerprint density at radius 1 is 1.38 bits per heavy atom. The first-order valence-electron chi connectivity index (χ1n) is 4.88. The molecule has 2 nitrogen and oxygen atoms in total. The Labute approximate surface area is 79.8 Å². The highest BCUT2D eigenvalue weighted by Crippen LogP contribution is 2.23. The van der Waals surface area contributed by atoms with Crippen molar-refractivity contribution >= 4 is 0 Å². The Kier molecular flexibility index (Phi) is 2.13. The molecule has 2 heterocycles. The van der Waals surface area contributed by atoms with Gasteiger partial charge in [0.25, 0.3) is 0 Å². The highest BCUT2D eigenvalue weighted by atomic mass is 15.4. The third-order valence-corrected chi connectivity index (χ3v) is 2.53. The third kappa shape index (κ3) is 1.48. The topological polar surface area (TPSA) is 6.48 Å². The lowest BCUT2D eigenvalue weighted by molar-refractivity contribution is 0.274. The molecule has 2 heteroatoms. The van der Waals surface area contributed by atoms with E-state index in [4.69, 9.17) is 0 Å². The molecular formula is C11H16N2. The van der Waals surface area contributed by atoms with E-state index in [1.165, 1.54) is 18.4 Å². The molecule has 0 aromatic heterocycles. The normalized spacial score (nSPS) is 25.1. The summed E-state index contributed by atoms with van der Waals surface area (Å²) in [4.78, 5) is 4.46. The standard InChI is InChI=1S/C11H16N2/c1-3-4-10-5-6-11-12(2)7-8-13(11)9-10/h5-9,11H,3-4H2,1-2H3. The van der Waals surface area contributed by atoms with Crippen molar-refractivity contribution in [1.29, 1.82) is 0 Å². The molecule has 0 bridgehead atoms. The molecule has 2 rings (SSSR count). The van der Waals surface area contributed by atoms with Crippen molar-refractivity contribution in [3.8, 4) is 0 Å². The number of hydrogen-bond donors (Lipinski definition) is 0. The monoisotopic (exact) mass is 176 g/mol. The molecule has 1 atom stereocenters. The van der Waals surface area contributed by atoms with E-state index in [1.807, 2.05) is 0 Å². The van der Waals surface area contributed by atoms with Gasteiger partial charge in [0.1, 0.15) is 6.17 Å². The highest BCUT2D eigenvalue weighted by molar-refractivity contribution is 5.27. The molecule has 0 aliphatic carbocycles. The lowest BCUT2D eigenvalue weighted by atomic mass is 10.1. The molecule has 2 aliphatic heterocycles. The zero-order valence-corrected chi connectivity index (χ0v) is 8.27. The van der Waals surface area contributed by atoms with Gasteiger partial charge in [-0.2, -0.15) is 0 Å². The summed E-state index contributed by atoms with van der Waals surface area (Å²) in [5.74, 6) is 0. The molecule has 0 spiro atoms. The maximum atomic E-state index is 2.25. The SMILES string of the molecule is CCCC1=CN2C=CN(C)C2C=C1. The van der Waals surface area contributed by atoms with Gasteiger partial charge in [0, 0.05) is 25.6 Å². The minimum absolute atomic E-state index is 0.417. The average molecular weight is 176 g/mol. The molecule has 0 aromatic rings. The predicted molar refractivity (Wildman–Crippen MR) is 54.7 cm³/mol. The van der Waals surface area contributed by atoms with Gasteiger partial charge in [-0.05, 0) is 18.1 Å². The van der Waals surface area contributed by atoms with Crippen molar-refractivity contribution in [2.75, 3.05) is 7.05 Å². The first-order chi connectivity index (χ1) is 6.31. The molecule has 0 N–H and O–H groups in total. The molecule has 0 saturated heterocycles. The fraction of sp³-hybridized carbons (Fsp3) is 0.455. The van der Waals surface area contributed by atoms with Crippen molar-refractivity contribution in [2.24, 2.45) is 0 Å². The summed E-state index contributed by atoms with van der Waals surface area (Å²) in [5.41, 5.74) is 1.43. The lowest BCUT2D eigenvalue weighted by Gasteiger charge is -2.28. The molecule has 13 heavy (non-hydrogen) atoms. The van der Waals surface area contributed by atoms with Crippen molar-refractivity contribution in [3.63, 3.8) is 0 Å². The van der Waals surface area contributed by atoms with Crippen LogP contribution in [0.25, 0.3) is 0 Å². The van der Waals surface area contributed by atoms with Crippen molar-refractivity contribution < 1.29 is 0 Å². The van der Waals surface area contributed by atoms with Gasteiger partial charge < -0.3 is 9.80 Å². The van der Waals surface area contributed by atoms with Gasteiger partial charge in [0.05, 0.1) is 0 Å². The zero-order valence-electron chi connectivity index (χ0n) is 8.27. The van der Waals surface area contributed by atoms with Crippen LogP contribution in [-0.2, 0) is 0 Å². The maximum absolute atomic E-state index is 2.25. The summed E-state index contributed by atoms with van der Waals surface area (Å²) >= 11 is 0. The Morgan fingerprint density at radius 2 is 2.23 bits per heavy atom. The fourth-order valence-electron chi connectivity index (χ4n) is 1.80. The van der Waals surface area contributed by atoms with Crippen LogP contribution in [0.1, 0.15) is 19.8 Å². The summed E-state index contributed by atoms with van der Waals surface area (Å²) in [6, 6.07) is 0. The summed E-state index contributed by atoms with van der Waals surface area (Å²) in [7, 11) is 2.10. The summed E-state index contributed by atoms with van der Waals surface area (Å²) in [6.45, 7) is 2.21. The number of rotatable bonds is 2.